The summed E-state index contributed by atoms with van der Waals surface area (Å²) in [7, 11) is 0. The highest BCUT2D eigenvalue weighted by molar-refractivity contribution is 5.99. The number of halogens is 1. The van der Waals surface area contributed by atoms with Crippen LogP contribution in [0.4, 0.5) is 15.9 Å². The molecule has 5 nitrogen and oxygen atoms in total. The first-order chi connectivity index (χ1) is 14.7. The van der Waals surface area contributed by atoms with Gasteiger partial charge in [0.05, 0.1) is 11.3 Å². The van der Waals surface area contributed by atoms with Gasteiger partial charge in [-0.3, -0.25) is 9.69 Å². The minimum absolute atomic E-state index is 0.0790. The molecule has 2 aromatic carbocycles. The molecule has 1 aliphatic heterocycles. The number of hydrogen-bond acceptors (Lipinski definition) is 4. The van der Waals surface area contributed by atoms with Crippen LogP contribution in [-0.2, 0) is 6.42 Å². The number of benzene rings is 2. The van der Waals surface area contributed by atoms with Crippen molar-refractivity contribution < 1.29 is 9.18 Å². The SMILES string of the molecule is O=C(c1cccnc1Nc1ccccc1F)N1CCN(CCc2ccccc2)CC1. The lowest BCUT2D eigenvalue weighted by molar-refractivity contribution is 0.0639. The molecule has 1 saturated heterocycles. The van der Waals surface area contributed by atoms with Gasteiger partial charge in [-0.2, -0.15) is 0 Å². The summed E-state index contributed by atoms with van der Waals surface area (Å²) < 4.78 is 14.0. The Morgan fingerprint density at radius 3 is 2.43 bits per heavy atom. The van der Waals surface area contributed by atoms with Crippen molar-refractivity contribution >= 4 is 17.4 Å². The van der Waals surface area contributed by atoms with E-state index in [0.717, 1.165) is 26.1 Å². The maximum absolute atomic E-state index is 14.0. The smallest absolute Gasteiger partial charge is 0.257 e. The van der Waals surface area contributed by atoms with Crippen molar-refractivity contribution in [2.75, 3.05) is 38.0 Å². The van der Waals surface area contributed by atoms with Crippen LogP contribution < -0.4 is 5.32 Å². The lowest BCUT2D eigenvalue weighted by atomic mass is 10.1. The monoisotopic (exact) mass is 404 g/mol. The number of pyridine rings is 1. The van der Waals surface area contributed by atoms with E-state index in [1.165, 1.54) is 11.6 Å². The van der Waals surface area contributed by atoms with Gasteiger partial charge >= 0.3 is 0 Å². The standard InChI is InChI=1S/C24H25FN4O/c25-21-10-4-5-11-22(21)27-23-20(9-6-13-26-23)24(30)29-17-15-28(16-18-29)14-12-19-7-2-1-3-8-19/h1-11,13H,12,14-18H2,(H,26,27). The van der Waals surface area contributed by atoms with Crippen molar-refractivity contribution in [3.05, 3.63) is 89.9 Å². The lowest BCUT2D eigenvalue weighted by Crippen LogP contribution is -2.49. The first-order valence-electron chi connectivity index (χ1n) is 10.2. The predicted octanol–water partition coefficient (Wildman–Crippen LogP) is 3.96. The molecule has 30 heavy (non-hydrogen) atoms. The third-order valence-electron chi connectivity index (χ3n) is 5.38. The second kappa shape index (κ2) is 9.50. The minimum atomic E-state index is -0.381. The zero-order chi connectivity index (χ0) is 20.8. The highest BCUT2D eigenvalue weighted by Crippen LogP contribution is 2.22. The number of carbonyl (C=O) groups excluding carboxylic acids is 1. The van der Waals surface area contributed by atoms with Gasteiger partial charge in [0.2, 0.25) is 0 Å². The molecular formula is C24H25FN4O. The molecular weight excluding hydrogens is 379 g/mol. The first kappa shape index (κ1) is 20.0. The maximum Gasteiger partial charge on any atom is 0.257 e. The molecule has 0 radical (unpaired) electrons. The summed E-state index contributed by atoms with van der Waals surface area (Å²) in [4.78, 5) is 21.6. The summed E-state index contributed by atoms with van der Waals surface area (Å²) in [5, 5.41) is 2.96. The lowest BCUT2D eigenvalue weighted by Gasteiger charge is -2.35. The van der Waals surface area contributed by atoms with Crippen LogP contribution in [0.5, 0.6) is 0 Å². The number of hydrogen-bond donors (Lipinski definition) is 1. The highest BCUT2D eigenvalue weighted by Gasteiger charge is 2.24. The summed E-state index contributed by atoms with van der Waals surface area (Å²) in [6.45, 7) is 4.01. The summed E-state index contributed by atoms with van der Waals surface area (Å²) in [6.07, 6.45) is 2.61. The van der Waals surface area contributed by atoms with Crippen LogP contribution in [0.3, 0.4) is 0 Å². The second-order valence-electron chi connectivity index (χ2n) is 7.37. The van der Waals surface area contributed by atoms with Gasteiger partial charge in [0.1, 0.15) is 11.6 Å². The first-order valence-corrected chi connectivity index (χ1v) is 10.2. The van der Waals surface area contributed by atoms with Crippen molar-refractivity contribution in [2.24, 2.45) is 0 Å². The van der Waals surface area contributed by atoms with Crippen LogP contribution >= 0.6 is 0 Å². The van der Waals surface area contributed by atoms with Crippen LogP contribution in [0.2, 0.25) is 0 Å². The fraction of sp³-hybridized carbons (Fsp3) is 0.250. The molecule has 1 aromatic heterocycles. The molecule has 1 N–H and O–H groups in total. The number of carbonyl (C=O) groups is 1. The quantitative estimate of drug-likeness (QED) is 0.676. The third kappa shape index (κ3) is 4.83. The van der Waals surface area contributed by atoms with Crippen molar-refractivity contribution in [3.8, 4) is 0 Å². The van der Waals surface area contributed by atoms with Crippen LogP contribution in [0.1, 0.15) is 15.9 Å². The Morgan fingerprint density at radius 1 is 0.933 bits per heavy atom. The molecule has 0 atom stereocenters. The zero-order valence-corrected chi connectivity index (χ0v) is 16.8. The molecule has 3 aromatic rings. The minimum Gasteiger partial charge on any atom is -0.337 e. The van der Waals surface area contributed by atoms with Gasteiger partial charge in [0.15, 0.2) is 0 Å². The van der Waals surface area contributed by atoms with E-state index in [0.29, 0.717) is 30.2 Å². The summed E-state index contributed by atoms with van der Waals surface area (Å²) in [6, 6.07) is 20.3. The Morgan fingerprint density at radius 2 is 1.67 bits per heavy atom. The number of piperazine rings is 1. The van der Waals surface area contributed by atoms with Gasteiger partial charge in [-0.25, -0.2) is 9.37 Å². The Kier molecular flexibility index (Phi) is 6.35. The van der Waals surface area contributed by atoms with E-state index in [1.807, 2.05) is 11.0 Å². The van der Waals surface area contributed by atoms with Gasteiger partial charge in [-0.15, -0.1) is 0 Å². The number of rotatable bonds is 6. The van der Waals surface area contributed by atoms with Crippen LogP contribution in [0.15, 0.2) is 72.9 Å². The Bertz CT molecular complexity index is 987. The normalized spacial score (nSPS) is 14.5. The molecule has 4 rings (SSSR count). The molecule has 0 unspecified atom stereocenters. The average Bonchev–Trinajstić information content (AvgIpc) is 2.80. The van der Waals surface area contributed by atoms with Crippen molar-refractivity contribution in [1.82, 2.24) is 14.8 Å². The summed E-state index contributed by atoms with van der Waals surface area (Å²) >= 11 is 0. The van der Waals surface area contributed by atoms with Crippen LogP contribution in [-0.4, -0.2) is 53.4 Å². The van der Waals surface area contributed by atoms with Gasteiger partial charge in [-0.05, 0) is 36.2 Å². The van der Waals surface area contributed by atoms with Crippen molar-refractivity contribution in [1.29, 1.82) is 0 Å². The van der Waals surface area contributed by atoms with Gasteiger partial charge in [0.25, 0.3) is 5.91 Å². The third-order valence-corrected chi connectivity index (χ3v) is 5.38. The van der Waals surface area contributed by atoms with Gasteiger partial charge in [-0.1, -0.05) is 42.5 Å². The Hall–Kier alpha value is -3.25. The van der Waals surface area contributed by atoms with E-state index in [1.54, 1.807) is 36.5 Å². The highest BCUT2D eigenvalue weighted by atomic mass is 19.1. The van der Waals surface area contributed by atoms with E-state index in [4.69, 9.17) is 0 Å². The van der Waals surface area contributed by atoms with E-state index in [9.17, 15) is 9.18 Å². The molecule has 154 valence electrons. The average molecular weight is 404 g/mol. The molecule has 1 fully saturated rings. The van der Waals surface area contributed by atoms with Crippen molar-refractivity contribution in [3.63, 3.8) is 0 Å². The number of nitrogens with one attached hydrogen (secondary N) is 1. The number of amides is 1. The molecule has 2 heterocycles. The Labute approximate surface area is 176 Å². The summed E-state index contributed by atoms with van der Waals surface area (Å²) in [5.74, 6) is -0.0858. The van der Waals surface area contributed by atoms with E-state index >= 15 is 0 Å². The number of nitrogens with zero attached hydrogens (tertiary/aromatic N) is 3. The molecule has 1 amide bonds. The Balaban J connectivity index is 1.37. The molecule has 0 saturated carbocycles. The molecule has 1 aliphatic rings. The fourth-order valence-electron chi connectivity index (χ4n) is 3.64. The molecule has 0 spiro atoms. The van der Waals surface area contributed by atoms with E-state index in [2.05, 4.69) is 39.5 Å². The van der Waals surface area contributed by atoms with Crippen LogP contribution in [0.25, 0.3) is 0 Å². The zero-order valence-electron chi connectivity index (χ0n) is 16.8. The maximum atomic E-state index is 14.0. The number of aromatic nitrogens is 1. The number of para-hydroxylation sites is 1. The topological polar surface area (TPSA) is 48.5 Å². The predicted molar refractivity (Wildman–Crippen MR) is 116 cm³/mol. The molecule has 0 aliphatic carbocycles. The largest absolute Gasteiger partial charge is 0.337 e. The van der Waals surface area contributed by atoms with Crippen LogP contribution in [0, 0.1) is 5.82 Å². The van der Waals surface area contributed by atoms with E-state index < -0.39 is 0 Å². The number of anilines is 2. The van der Waals surface area contributed by atoms with Crippen molar-refractivity contribution in [2.45, 2.75) is 6.42 Å². The molecule has 0 bridgehead atoms. The summed E-state index contributed by atoms with van der Waals surface area (Å²) in [5.41, 5.74) is 2.09. The van der Waals surface area contributed by atoms with E-state index in [-0.39, 0.29) is 11.7 Å². The molecule has 6 heteroatoms. The van der Waals surface area contributed by atoms with Gasteiger partial charge in [0, 0.05) is 38.9 Å². The van der Waals surface area contributed by atoms with Gasteiger partial charge < -0.3 is 10.2 Å². The second-order valence-corrected chi connectivity index (χ2v) is 7.37. The fourth-order valence-corrected chi connectivity index (χ4v) is 3.64.